The Bertz CT molecular complexity index is 876. The van der Waals surface area contributed by atoms with Gasteiger partial charge in [-0.05, 0) is 31.7 Å². The van der Waals surface area contributed by atoms with Crippen molar-refractivity contribution in [3.05, 3.63) is 47.7 Å². The molecular formula is C19H20N2O2. The number of hydrogen-bond acceptors (Lipinski definition) is 3. The molecular weight excluding hydrogens is 288 g/mol. The molecule has 0 radical (unpaired) electrons. The zero-order valence-electron chi connectivity index (χ0n) is 13.2. The minimum absolute atomic E-state index is 0.114. The molecule has 0 saturated carbocycles. The van der Waals surface area contributed by atoms with Crippen molar-refractivity contribution in [1.29, 1.82) is 0 Å². The number of fused-ring (bicyclic) bond motifs is 3. The van der Waals surface area contributed by atoms with Gasteiger partial charge in [0.25, 0.3) is 5.91 Å². The number of amides is 1. The van der Waals surface area contributed by atoms with E-state index in [1.807, 2.05) is 31.2 Å². The summed E-state index contributed by atoms with van der Waals surface area (Å²) < 4.78 is 5.98. The first kappa shape index (κ1) is 14.3. The Balaban J connectivity index is 1.73. The normalized spacial score (nSPS) is 18.4. The highest BCUT2D eigenvalue weighted by Crippen LogP contribution is 2.31. The molecule has 4 nitrogen and oxygen atoms in total. The van der Waals surface area contributed by atoms with E-state index in [9.17, 15) is 4.79 Å². The standard InChI is InChI=1S/C19H20N2O2/c1-12-15-9-8-13-5-2-3-7-16(13)18(15)23-17(12)19(22)21-14-6-4-10-20-11-14/h2-3,5,7-9,14,20H,4,6,10-11H2,1H3,(H,21,22). The monoisotopic (exact) mass is 308 g/mol. The first-order valence-corrected chi connectivity index (χ1v) is 8.16. The Morgan fingerprint density at radius 3 is 2.91 bits per heavy atom. The number of aryl methyl sites for hydroxylation is 1. The predicted molar refractivity (Wildman–Crippen MR) is 91.8 cm³/mol. The molecule has 23 heavy (non-hydrogen) atoms. The van der Waals surface area contributed by atoms with Gasteiger partial charge >= 0.3 is 0 Å². The van der Waals surface area contributed by atoms with Gasteiger partial charge in [0.05, 0.1) is 0 Å². The summed E-state index contributed by atoms with van der Waals surface area (Å²) in [5.41, 5.74) is 1.71. The van der Waals surface area contributed by atoms with Crippen LogP contribution in [0.5, 0.6) is 0 Å². The summed E-state index contributed by atoms with van der Waals surface area (Å²) in [5.74, 6) is 0.318. The molecule has 1 aliphatic heterocycles. The highest BCUT2D eigenvalue weighted by Gasteiger charge is 2.22. The lowest BCUT2D eigenvalue weighted by atomic mass is 10.1. The smallest absolute Gasteiger partial charge is 0.287 e. The van der Waals surface area contributed by atoms with Gasteiger partial charge in [-0.2, -0.15) is 0 Å². The molecule has 1 unspecified atom stereocenters. The van der Waals surface area contributed by atoms with Crippen LogP contribution in [0.1, 0.15) is 29.0 Å². The Kier molecular flexibility index (Phi) is 3.54. The molecule has 4 rings (SSSR count). The minimum atomic E-state index is -0.114. The molecule has 1 atom stereocenters. The van der Waals surface area contributed by atoms with Crippen LogP contribution in [0.3, 0.4) is 0 Å². The van der Waals surface area contributed by atoms with E-state index < -0.39 is 0 Å². The summed E-state index contributed by atoms with van der Waals surface area (Å²) in [4.78, 5) is 12.6. The number of rotatable bonds is 2. The quantitative estimate of drug-likeness (QED) is 0.763. The third-order valence-corrected chi connectivity index (χ3v) is 4.67. The van der Waals surface area contributed by atoms with Crippen LogP contribution in [0.4, 0.5) is 0 Å². The maximum absolute atomic E-state index is 12.6. The molecule has 4 heteroatoms. The number of hydrogen-bond donors (Lipinski definition) is 2. The number of benzene rings is 2. The summed E-state index contributed by atoms with van der Waals surface area (Å²) in [5, 5.41) is 9.58. The summed E-state index contributed by atoms with van der Waals surface area (Å²) in [6.45, 7) is 3.81. The fourth-order valence-electron chi connectivity index (χ4n) is 3.39. The minimum Gasteiger partial charge on any atom is -0.450 e. The predicted octanol–water partition coefficient (Wildman–Crippen LogP) is 3.38. The van der Waals surface area contributed by atoms with Crippen molar-refractivity contribution < 1.29 is 9.21 Å². The van der Waals surface area contributed by atoms with E-state index in [1.165, 1.54) is 0 Å². The molecule has 0 bridgehead atoms. The molecule has 3 aromatic rings. The Morgan fingerprint density at radius 1 is 1.22 bits per heavy atom. The van der Waals surface area contributed by atoms with Crippen molar-refractivity contribution >= 4 is 27.6 Å². The van der Waals surface area contributed by atoms with Gasteiger partial charge in [0.15, 0.2) is 5.76 Å². The van der Waals surface area contributed by atoms with E-state index in [1.54, 1.807) is 0 Å². The van der Waals surface area contributed by atoms with Crippen LogP contribution in [-0.4, -0.2) is 25.0 Å². The number of nitrogens with one attached hydrogen (secondary N) is 2. The van der Waals surface area contributed by atoms with Gasteiger partial charge in [-0.1, -0.05) is 36.4 Å². The van der Waals surface area contributed by atoms with Crippen LogP contribution < -0.4 is 10.6 Å². The molecule has 1 fully saturated rings. The van der Waals surface area contributed by atoms with Crippen LogP contribution in [0.15, 0.2) is 40.8 Å². The zero-order chi connectivity index (χ0) is 15.8. The van der Waals surface area contributed by atoms with Gasteiger partial charge < -0.3 is 15.1 Å². The lowest BCUT2D eigenvalue weighted by molar-refractivity contribution is 0.0904. The third-order valence-electron chi connectivity index (χ3n) is 4.67. The molecule has 0 aliphatic carbocycles. The van der Waals surface area contributed by atoms with Gasteiger partial charge in [0, 0.05) is 28.9 Å². The topological polar surface area (TPSA) is 54.3 Å². The third kappa shape index (κ3) is 2.49. The maximum atomic E-state index is 12.6. The summed E-state index contributed by atoms with van der Waals surface area (Å²) in [6, 6.07) is 12.4. The van der Waals surface area contributed by atoms with Crippen molar-refractivity contribution in [3.8, 4) is 0 Å². The van der Waals surface area contributed by atoms with Gasteiger partial charge in [-0.25, -0.2) is 0 Å². The van der Waals surface area contributed by atoms with Crippen molar-refractivity contribution in [3.63, 3.8) is 0 Å². The fourth-order valence-corrected chi connectivity index (χ4v) is 3.39. The summed E-state index contributed by atoms with van der Waals surface area (Å²) >= 11 is 0. The molecule has 2 aromatic carbocycles. The Labute approximate surface area is 134 Å². The van der Waals surface area contributed by atoms with Gasteiger partial charge in [0.1, 0.15) is 5.58 Å². The Morgan fingerprint density at radius 2 is 2.09 bits per heavy atom. The van der Waals surface area contributed by atoms with E-state index in [-0.39, 0.29) is 11.9 Å². The number of carbonyl (C=O) groups is 1. The summed E-state index contributed by atoms with van der Waals surface area (Å²) in [6.07, 6.45) is 2.11. The molecule has 2 N–H and O–H groups in total. The average Bonchev–Trinajstić information content (AvgIpc) is 2.93. The molecule has 1 aromatic heterocycles. The molecule has 2 heterocycles. The van der Waals surface area contributed by atoms with Crippen molar-refractivity contribution in [2.75, 3.05) is 13.1 Å². The van der Waals surface area contributed by atoms with Gasteiger partial charge in [-0.3, -0.25) is 4.79 Å². The number of furan rings is 1. The first-order chi connectivity index (χ1) is 11.2. The van der Waals surface area contributed by atoms with Crippen LogP contribution in [-0.2, 0) is 0 Å². The average molecular weight is 308 g/mol. The van der Waals surface area contributed by atoms with Crippen LogP contribution in [0.2, 0.25) is 0 Å². The molecule has 1 amide bonds. The Hall–Kier alpha value is -2.33. The van der Waals surface area contributed by atoms with Crippen molar-refractivity contribution in [2.45, 2.75) is 25.8 Å². The summed E-state index contributed by atoms with van der Waals surface area (Å²) in [7, 11) is 0. The number of piperidine rings is 1. The second-order valence-electron chi connectivity index (χ2n) is 6.24. The van der Waals surface area contributed by atoms with E-state index in [0.29, 0.717) is 5.76 Å². The lowest BCUT2D eigenvalue weighted by Crippen LogP contribution is -2.45. The number of carbonyl (C=O) groups excluding carboxylic acids is 1. The zero-order valence-corrected chi connectivity index (χ0v) is 13.2. The van der Waals surface area contributed by atoms with Gasteiger partial charge in [-0.15, -0.1) is 0 Å². The largest absolute Gasteiger partial charge is 0.450 e. The first-order valence-electron chi connectivity index (χ1n) is 8.16. The van der Waals surface area contributed by atoms with E-state index in [4.69, 9.17) is 4.42 Å². The van der Waals surface area contributed by atoms with Crippen LogP contribution in [0.25, 0.3) is 21.7 Å². The van der Waals surface area contributed by atoms with Crippen molar-refractivity contribution in [2.24, 2.45) is 0 Å². The molecule has 1 saturated heterocycles. The maximum Gasteiger partial charge on any atom is 0.287 e. The highest BCUT2D eigenvalue weighted by atomic mass is 16.3. The highest BCUT2D eigenvalue weighted by molar-refractivity contribution is 6.08. The molecule has 1 aliphatic rings. The van der Waals surface area contributed by atoms with E-state index in [2.05, 4.69) is 22.8 Å². The van der Waals surface area contributed by atoms with E-state index >= 15 is 0 Å². The van der Waals surface area contributed by atoms with Crippen LogP contribution in [0, 0.1) is 6.92 Å². The van der Waals surface area contributed by atoms with Crippen LogP contribution >= 0.6 is 0 Å². The molecule has 118 valence electrons. The van der Waals surface area contributed by atoms with E-state index in [0.717, 1.165) is 53.2 Å². The van der Waals surface area contributed by atoms with Gasteiger partial charge in [0.2, 0.25) is 0 Å². The second-order valence-corrected chi connectivity index (χ2v) is 6.24. The van der Waals surface area contributed by atoms with Crippen molar-refractivity contribution in [1.82, 2.24) is 10.6 Å². The molecule has 0 spiro atoms. The second kappa shape index (κ2) is 5.70. The lowest BCUT2D eigenvalue weighted by Gasteiger charge is -2.23. The fraction of sp³-hybridized carbons (Fsp3) is 0.316. The SMILES string of the molecule is Cc1c(C(=O)NC2CCCNC2)oc2c1ccc1ccccc12.